The highest BCUT2D eigenvalue weighted by molar-refractivity contribution is 5.83. The van der Waals surface area contributed by atoms with Gasteiger partial charge in [-0.25, -0.2) is 15.0 Å². The lowest BCUT2D eigenvalue weighted by Crippen LogP contribution is -2.48. The molecular formula is C24H22F2N6O2. The number of nitrogens with one attached hydrogen (secondary N) is 1. The molecule has 1 aliphatic rings. The van der Waals surface area contributed by atoms with Gasteiger partial charge in [-0.1, -0.05) is 24.3 Å². The van der Waals surface area contributed by atoms with Crippen LogP contribution in [-0.2, 0) is 11.3 Å². The number of benzene rings is 2. The number of carbonyl (C=O) groups excluding carboxylic acids is 1. The summed E-state index contributed by atoms with van der Waals surface area (Å²) in [7, 11) is 0. The van der Waals surface area contributed by atoms with Gasteiger partial charge in [-0.15, -0.1) is 0 Å². The number of piperazine rings is 1. The molecule has 1 fully saturated rings. The number of halogens is 2. The predicted molar refractivity (Wildman–Crippen MR) is 123 cm³/mol. The molecule has 3 heterocycles. The Labute approximate surface area is 194 Å². The summed E-state index contributed by atoms with van der Waals surface area (Å²) in [6.07, 6.45) is 3.46. The molecule has 4 aromatic rings. The molecule has 1 aliphatic heterocycles. The third-order valence-electron chi connectivity index (χ3n) is 5.75. The van der Waals surface area contributed by atoms with Crippen molar-refractivity contribution in [2.45, 2.75) is 20.1 Å². The summed E-state index contributed by atoms with van der Waals surface area (Å²) in [6, 6.07) is 12.6. The van der Waals surface area contributed by atoms with Gasteiger partial charge in [0.2, 0.25) is 11.9 Å². The van der Waals surface area contributed by atoms with Gasteiger partial charge in [0, 0.05) is 36.6 Å². The van der Waals surface area contributed by atoms with Crippen molar-refractivity contribution in [1.82, 2.24) is 24.8 Å². The number of hydrogen-bond donors (Lipinski definition) is 1. The Hall–Kier alpha value is -4.08. The number of nitrogens with zero attached hydrogens (tertiary/aromatic N) is 5. The molecule has 0 unspecified atom stereocenters. The third kappa shape index (κ3) is 4.39. The van der Waals surface area contributed by atoms with Crippen LogP contribution in [0, 0.1) is 6.92 Å². The van der Waals surface area contributed by atoms with Crippen LogP contribution in [0.25, 0.3) is 22.2 Å². The minimum Gasteiger partial charge on any atom is -0.434 e. The van der Waals surface area contributed by atoms with E-state index in [0.29, 0.717) is 31.1 Å². The summed E-state index contributed by atoms with van der Waals surface area (Å²) in [6.45, 7) is 0.780. The molecular weight excluding hydrogens is 442 g/mol. The molecule has 0 radical (unpaired) electrons. The molecule has 2 aromatic carbocycles. The number of anilines is 1. The Balaban J connectivity index is 1.45. The number of amides is 1. The van der Waals surface area contributed by atoms with E-state index >= 15 is 0 Å². The monoisotopic (exact) mass is 464 g/mol. The largest absolute Gasteiger partial charge is 0.434 e. The number of para-hydroxylation sites is 1. The van der Waals surface area contributed by atoms with Crippen molar-refractivity contribution in [2.75, 3.05) is 24.5 Å². The second kappa shape index (κ2) is 9.05. The summed E-state index contributed by atoms with van der Waals surface area (Å²) in [4.78, 5) is 27.0. The Morgan fingerprint density at radius 2 is 1.91 bits per heavy atom. The van der Waals surface area contributed by atoms with Crippen LogP contribution in [-0.4, -0.2) is 51.7 Å². The highest BCUT2D eigenvalue weighted by Crippen LogP contribution is 2.28. The van der Waals surface area contributed by atoms with Gasteiger partial charge < -0.3 is 19.5 Å². The van der Waals surface area contributed by atoms with Crippen molar-refractivity contribution in [3.63, 3.8) is 0 Å². The van der Waals surface area contributed by atoms with Crippen LogP contribution in [0.3, 0.4) is 0 Å². The molecule has 8 nitrogen and oxygen atoms in total. The fourth-order valence-corrected chi connectivity index (χ4v) is 4.08. The molecule has 2 aromatic heterocycles. The third-order valence-corrected chi connectivity index (χ3v) is 5.75. The lowest BCUT2D eigenvalue weighted by molar-refractivity contribution is -0.120. The minimum absolute atomic E-state index is 0.0477. The van der Waals surface area contributed by atoms with E-state index in [-0.39, 0.29) is 18.2 Å². The van der Waals surface area contributed by atoms with Crippen LogP contribution >= 0.6 is 0 Å². The van der Waals surface area contributed by atoms with Crippen molar-refractivity contribution in [1.29, 1.82) is 0 Å². The zero-order chi connectivity index (χ0) is 23.7. The molecule has 0 atom stereocenters. The van der Waals surface area contributed by atoms with Crippen molar-refractivity contribution in [3.05, 3.63) is 66.2 Å². The number of carbonyl (C=O) groups is 1. The van der Waals surface area contributed by atoms with Crippen LogP contribution in [0.2, 0.25) is 0 Å². The lowest BCUT2D eigenvalue weighted by Gasteiger charge is -2.26. The van der Waals surface area contributed by atoms with E-state index in [1.54, 1.807) is 30.6 Å². The lowest BCUT2D eigenvalue weighted by atomic mass is 10.1. The van der Waals surface area contributed by atoms with Crippen molar-refractivity contribution >= 4 is 22.9 Å². The van der Waals surface area contributed by atoms with E-state index in [1.807, 2.05) is 34.6 Å². The zero-order valence-corrected chi connectivity index (χ0v) is 18.4. The Bertz CT molecular complexity index is 1340. The molecule has 0 bridgehead atoms. The van der Waals surface area contributed by atoms with Gasteiger partial charge >= 0.3 is 6.61 Å². The quantitative estimate of drug-likeness (QED) is 0.471. The molecule has 5 rings (SSSR count). The van der Waals surface area contributed by atoms with Gasteiger partial charge in [0.1, 0.15) is 11.6 Å². The Kier molecular flexibility index (Phi) is 5.79. The molecule has 174 valence electrons. The topological polar surface area (TPSA) is 85.2 Å². The van der Waals surface area contributed by atoms with Crippen LogP contribution < -0.4 is 15.0 Å². The number of ether oxygens (including phenoxy) is 1. The molecule has 34 heavy (non-hydrogen) atoms. The highest BCUT2D eigenvalue weighted by atomic mass is 19.3. The van der Waals surface area contributed by atoms with Crippen molar-refractivity contribution in [2.24, 2.45) is 0 Å². The number of fused-ring (bicyclic) bond motifs is 1. The number of rotatable bonds is 6. The number of alkyl halides is 2. The average Bonchev–Trinajstić information content (AvgIpc) is 3.14. The maximum absolute atomic E-state index is 12.8. The number of imidazole rings is 1. The van der Waals surface area contributed by atoms with Crippen molar-refractivity contribution in [3.8, 4) is 16.9 Å². The summed E-state index contributed by atoms with van der Waals surface area (Å²) in [5, 5.41) is 2.78. The van der Waals surface area contributed by atoms with Crippen LogP contribution in [0.5, 0.6) is 5.75 Å². The smallest absolute Gasteiger partial charge is 0.387 e. The fraction of sp³-hybridized carbons (Fsp3) is 0.250. The van der Waals surface area contributed by atoms with Crippen LogP contribution in [0.15, 0.2) is 54.9 Å². The molecule has 1 N–H and O–H groups in total. The average molecular weight is 464 g/mol. The first-order valence-corrected chi connectivity index (χ1v) is 10.8. The SMILES string of the molecule is Cc1nc2ccc(-c3cnc(N4CCNC(=O)C4)nc3)cc2n1Cc1ccccc1OC(F)F. The first-order valence-electron chi connectivity index (χ1n) is 10.8. The number of aromatic nitrogens is 4. The second-order valence-corrected chi connectivity index (χ2v) is 7.98. The number of hydrogen-bond acceptors (Lipinski definition) is 6. The van der Waals surface area contributed by atoms with Crippen molar-refractivity contribution < 1.29 is 18.3 Å². The second-order valence-electron chi connectivity index (χ2n) is 7.98. The standard InChI is InChI=1S/C24H22F2N6O2/c1-15-30-19-7-6-16(18-11-28-24(29-12-18)31-9-8-27-22(33)14-31)10-20(19)32(15)13-17-4-2-3-5-21(17)34-23(25)26/h2-7,10-12,23H,8-9,13-14H2,1H3,(H,27,33). The molecule has 1 amide bonds. The van der Waals surface area contributed by atoms with E-state index < -0.39 is 6.61 Å². The summed E-state index contributed by atoms with van der Waals surface area (Å²) >= 11 is 0. The fourth-order valence-electron chi connectivity index (χ4n) is 4.08. The molecule has 0 spiro atoms. The van der Waals surface area contributed by atoms with Gasteiger partial charge in [-0.2, -0.15) is 8.78 Å². The summed E-state index contributed by atoms with van der Waals surface area (Å²) in [5.41, 5.74) is 4.01. The highest BCUT2D eigenvalue weighted by Gasteiger charge is 2.19. The predicted octanol–water partition coefficient (Wildman–Crippen LogP) is 3.39. The van der Waals surface area contributed by atoms with E-state index in [4.69, 9.17) is 4.74 Å². The van der Waals surface area contributed by atoms with Gasteiger partial charge in [0.15, 0.2) is 0 Å². The van der Waals surface area contributed by atoms with E-state index in [9.17, 15) is 13.6 Å². The zero-order valence-electron chi connectivity index (χ0n) is 18.4. The normalized spacial score (nSPS) is 14.0. The molecule has 1 saturated heterocycles. The van der Waals surface area contributed by atoms with Crippen LogP contribution in [0.1, 0.15) is 11.4 Å². The summed E-state index contributed by atoms with van der Waals surface area (Å²) < 4.78 is 32.3. The van der Waals surface area contributed by atoms with E-state index in [2.05, 4.69) is 20.3 Å². The summed E-state index contributed by atoms with van der Waals surface area (Å²) in [5.74, 6) is 1.36. The van der Waals surface area contributed by atoms with Gasteiger partial charge in [-0.3, -0.25) is 4.79 Å². The van der Waals surface area contributed by atoms with Gasteiger partial charge in [0.05, 0.1) is 24.1 Å². The van der Waals surface area contributed by atoms with Gasteiger partial charge in [-0.05, 0) is 30.7 Å². The first kappa shape index (κ1) is 21.7. The molecule has 0 aliphatic carbocycles. The van der Waals surface area contributed by atoms with E-state index in [1.165, 1.54) is 6.07 Å². The maximum atomic E-state index is 12.8. The van der Waals surface area contributed by atoms with E-state index in [0.717, 1.165) is 28.0 Å². The van der Waals surface area contributed by atoms with Gasteiger partial charge in [0.25, 0.3) is 0 Å². The number of aryl methyl sites for hydroxylation is 1. The molecule has 10 heteroatoms. The minimum atomic E-state index is -2.89. The molecule has 0 saturated carbocycles. The maximum Gasteiger partial charge on any atom is 0.387 e. The van der Waals surface area contributed by atoms with Crippen LogP contribution in [0.4, 0.5) is 14.7 Å². The Morgan fingerprint density at radius 3 is 2.68 bits per heavy atom. The first-order chi connectivity index (χ1) is 16.5. The Morgan fingerprint density at radius 1 is 1.12 bits per heavy atom.